The Bertz CT molecular complexity index is 1030. The Labute approximate surface area is 199 Å². The number of rotatable bonds is 2. The SMILES string of the molecule is O=S(=O)(c1ccccc1)C12CCCC3(CCCCCCCCCC3)C1COc1ccccc12. The zero-order valence-corrected chi connectivity index (χ0v) is 20.6. The predicted octanol–water partition coefficient (Wildman–Crippen LogP) is 7.45. The molecule has 0 aromatic heterocycles. The topological polar surface area (TPSA) is 43.4 Å². The summed E-state index contributed by atoms with van der Waals surface area (Å²) in [6.45, 7) is 0.517. The van der Waals surface area contributed by atoms with Crippen LogP contribution in [0, 0.1) is 11.3 Å². The number of ether oxygens (including phenoxy) is 1. The molecule has 2 aliphatic carbocycles. The molecule has 33 heavy (non-hydrogen) atoms. The van der Waals surface area contributed by atoms with Crippen molar-refractivity contribution in [3.05, 3.63) is 60.2 Å². The minimum absolute atomic E-state index is 0.000362. The fourth-order valence-electron chi connectivity index (χ4n) is 7.31. The van der Waals surface area contributed by atoms with E-state index in [0.29, 0.717) is 17.9 Å². The van der Waals surface area contributed by atoms with Crippen LogP contribution in [0.5, 0.6) is 5.75 Å². The lowest BCUT2D eigenvalue weighted by Crippen LogP contribution is -2.57. The number of para-hydroxylation sites is 1. The average Bonchev–Trinajstić information content (AvgIpc) is 2.90. The molecule has 178 valence electrons. The second-order valence-electron chi connectivity index (χ2n) is 10.6. The Morgan fingerprint density at radius 1 is 0.667 bits per heavy atom. The molecule has 3 nitrogen and oxygen atoms in total. The van der Waals surface area contributed by atoms with Crippen LogP contribution in [0.25, 0.3) is 0 Å². The Morgan fingerprint density at radius 3 is 1.94 bits per heavy atom. The summed E-state index contributed by atoms with van der Waals surface area (Å²) in [6.07, 6.45) is 15.3. The van der Waals surface area contributed by atoms with Crippen molar-refractivity contribution < 1.29 is 13.2 Å². The molecule has 0 bridgehead atoms. The van der Waals surface area contributed by atoms with Gasteiger partial charge in [0.1, 0.15) is 10.5 Å². The molecule has 4 heteroatoms. The van der Waals surface area contributed by atoms with Crippen molar-refractivity contribution >= 4 is 9.84 Å². The van der Waals surface area contributed by atoms with Gasteiger partial charge in [0.25, 0.3) is 0 Å². The van der Waals surface area contributed by atoms with Crippen LogP contribution in [0.2, 0.25) is 0 Å². The molecular formula is C29H38O3S. The van der Waals surface area contributed by atoms with Gasteiger partial charge in [0.2, 0.25) is 0 Å². The Hall–Kier alpha value is -1.81. The van der Waals surface area contributed by atoms with Crippen molar-refractivity contribution in [3.8, 4) is 5.75 Å². The van der Waals surface area contributed by atoms with E-state index >= 15 is 0 Å². The first-order valence-electron chi connectivity index (χ1n) is 13.1. The zero-order valence-electron chi connectivity index (χ0n) is 19.8. The fraction of sp³-hybridized carbons (Fsp3) is 0.586. The highest BCUT2D eigenvalue weighted by Gasteiger charge is 2.63. The maximum absolute atomic E-state index is 14.6. The van der Waals surface area contributed by atoms with Crippen LogP contribution in [-0.2, 0) is 14.6 Å². The molecule has 2 unspecified atom stereocenters. The highest BCUT2D eigenvalue weighted by molar-refractivity contribution is 7.92. The van der Waals surface area contributed by atoms with Gasteiger partial charge in [-0.1, -0.05) is 94.2 Å². The maximum atomic E-state index is 14.6. The lowest BCUT2D eigenvalue weighted by Gasteiger charge is -2.56. The summed E-state index contributed by atoms with van der Waals surface area (Å²) in [4.78, 5) is 0.459. The molecule has 3 aliphatic rings. The normalized spacial score (nSPS) is 28.1. The summed E-state index contributed by atoms with van der Waals surface area (Å²) in [5, 5.41) is 0. The average molecular weight is 467 g/mol. The standard InChI is InChI=1S/C29H38O3S/c30-33(31,24-15-8-7-9-16-24)29-22-14-21-28(19-12-5-3-1-2-4-6-13-20-28)27(29)23-32-26-18-11-10-17-25(26)29/h7-11,15-18,27H,1-6,12-14,19-23H2. The quantitative estimate of drug-likeness (QED) is 0.462. The summed E-state index contributed by atoms with van der Waals surface area (Å²) in [6, 6.07) is 17.2. The minimum Gasteiger partial charge on any atom is -0.493 e. The number of hydrogen-bond acceptors (Lipinski definition) is 3. The summed E-state index contributed by atoms with van der Waals surface area (Å²) < 4.78 is 34.7. The van der Waals surface area contributed by atoms with Crippen LogP contribution in [0.15, 0.2) is 59.5 Å². The van der Waals surface area contributed by atoms with Gasteiger partial charge in [-0.25, -0.2) is 8.42 Å². The number of sulfone groups is 1. The molecule has 1 heterocycles. The third-order valence-corrected chi connectivity index (χ3v) is 11.5. The maximum Gasteiger partial charge on any atom is 0.188 e. The van der Waals surface area contributed by atoms with Crippen molar-refractivity contribution in [2.45, 2.75) is 93.1 Å². The van der Waals surface area contributed by atoms with E-state index in [2.05, 4.69) is 0 Å². The van der Waals surface area contributed by atoms with Gasteiger partial charge in [-0.2, -0.15) is 0 Å². The first-order chi connectivity index (χ1) is 16.1. The van der Waals surface area contributed by atoms with Crippen molar-refractivity contribution in [2.24, 2.45) is 11.3 Å². The van der Waals surface area contributed by atoms with Crippen molar-refractivity contribution in [3.63, 3.8) is 0 Å². The van der Waals surface area contributed by atoms with E-state index in [4.69, 9.17) is 4.74 Å². The van der Waals surface area contributed by atoms with E-state index < -0.39 is 14.6 Å². The Kier molecular flexibility index (Phi) is 6.57. The molecular weight excluding hydrogens is 428 g/mol. The van der Waals surface area contributed by atoms with Gasteiger partial charge in [0.05, 0.1) is 11.5 Å². The van der Waals surface area contributed by atoms with E-state index in [-0.39, 0.29) is 11.3 Å². The van der Waals surface area contributed by atoms with Gasteiger partial charge < -0.3 is 4.74 Å². The molecule has 1 aliphatic heterocycles. The fourth-order valence-corrected chi connectivity index (χ4v) is 9.81. The van der Waals surface area contributed by atoms with E-state index in [9.17, 15) is 8.42 Å². The molecule has 0 saturated heterocycles. The van der Waals surface area contributed by atoms with Crippen LogP contribution in [0.3, 0.4) is 0 Å². The van der Waals surface area contributed by atoms with E-state index in [0.717, 1.165) is 37.0 Å². The van der Waals surface area contributed by atoms with E-state index in [1.54, 1.807) is 12.1 Å². The van der Waals surface area contributed by atoms with Crippen molar-refractivity contribution in [2.75, 3.05) is 6.61 Å². The molecule has 2 aromatic carbocycles. The minimum atomic E-state index is -3.60. The lowest BCUT2D eigenvalue weighted by molar-refractivity contribution is -0.0137. The van der Waals surface area contributed by atoms with Gasteiger partial charge in [0.15, 0.2) is 9.84 Å². The van der Waals surface area contributed by atoms with Crippen LogP contribution in [-0.4, -0.2) is 15.0 Å². The second kappa shape index (κ2) is 9.44. The van der Waals surface area contributed by atoms with E-state index in [1.165, 1.54) is 51.4 Å². The molecule has 0 amide bonds. The van der Waals surface area contributed by atoms with Crippen molar-refractivity contribution in [1.82, 2.24) is 0 Å². The predicted molar refractivity (Wildman–Crippen MR) is 133 cm³/mol. The van der Waals surface area contributed by atoms with E-state index in [1.807, 2.05) is 42.5 Å². The highest BCUT2D eigenvalue weighted by atomic mass is 32.2. The van der Waals surface area contributed by atoms with Crippen LogP contribution < -0.4 is 4.74 Å². The van der Waals surface area contributed by atoms with Gasteiger partial charge in [0, 0.05) is 11.5 Å². The molecule has 2 aromatic rings. The number of hydrogen-bond donors (Lipinski definition) is 0. The molecule has 1 spiro atoms. The smallest absolute Gasteiger partial charge is 0.188 e. The number of fused-ring (bicyclic) bond motifs is 4. The first kappa shape index (κ1) is 23.0. The molecule has 0 N–H and O–H groups in total. The largest absolute Gasteiger partial charge is 0.493 e. The lowest BCUT2D eigenvalue weighted by atomic mass is 9.55. The molecule has 0 radical (unpaired) electrons. The number of benzene rings is 2. The molecule has 2 atom stereocenters. The molecule has 2 saturated carbocycles. The van der Waals surface area contributed by atoms with Gasteiger partial charge in [-0.05, 0) is 49.3 Å². The third kappa shape index (κ3) is 3.92. The Balaban J connectivity index is 1.66. The van der Waals surface area contributed by atoms with Gasteiger partial charge >= 0.3 is 0 Å². The zero-order chi connectivity index (χ0) is 22.8. The first-order valence-corrected chi connectivity index (χ1v) is 14.6. The molecule has 5 rings (SSSR count). The van der Waals surface area contributed by atoms with Crippen LogP contribution in [0.1, 0.15) is 89.0 Å². The third-order valence-electron chi connectivity index (χ3n) is 8.91. The van der Waals surface area contributed by atoms with Gasteiger partial charge in [-0.15, -0.1) is 0 Å². The summed E-state index contributed by atoms with van der Waals surface area (Å²) in [5.41, 5.74) is 0.941. The summed E-state index contributed by atoms with van der Waals surface area (Å²) >= 11 is 0. The van der Waals surface area contributed by atoms with Crippen LogP contribution >= 0.6 is 0 Å². The van der Waals surface area contributed by atoms with Crippen molar-refractivity contribution in [1.29, 1.82) is 0 Å². The summed E-state index contributed by atoms with van der Waals surface area (Å²) in [5.74, 6) is 0.765. The Morgan fingerprint density at radius 2 is 1.24 bits per heavy atom. The summed E-state index contributed by atoms with van der Waals surface area (Å²) in [7, 11) is -3.60. The van der Waals surface area contributed by atoms with Crippen LogP contribution in [0.4, 0.5) is 0 Å². The second-order valence-corrected chi connectivity index (χ2v) is 12.8. The molecule has 2 fully saturated rings. The highest BCUT2D eigenvalue weighted by Crippen LogP contribution is 2.63. The van der Waals surface area contributed by atoms with Gasteiger partial charge in [-0.3, -0.25) is 0 Å². The monoisotopic (exact) mass is 466 g/mol.